The van der Waals surface area contributed by atoms with E-state index in [0.717, 1.165) is 14.3 Å². The molecule has 0 saturated heterocycles. The Morgan fingerprint density at radius 1 is 0.759 bits per heavy atom. The topological polar surface area (TPSA) is 77.4 Å². The van der Waals surface area contributed by atoms with Crippen molar-refractivity contribution < 1.29 is 19.8 Å². The third kappa shape index (κ3) is 7.10. The molecule has 0 fully saturated rings. The molecule has 6 heteroatoms. The van der Waals surface area contributed by atoms with Crippen molar-refractivity contribution in [3.63, 3.8) is 0 Å². The van der Waals surface area contributed by atoms with Crippen molar-refractivity contribution in [2.45, 2.75) is 9.79 Å². The van der Waals surface area contributed by atoms with E-state index >= 15 is 0 Å². The molecule has 0 heterocycles. The largest absolute Gasteiger partial charge is 0.545 e. The summed E-state index contributed by atoms with van der Waals surface area (Å²) < 4.78 is 0.890. The molecule has 0 aromatic heterocycles. The van der Waals surface area contributed by atoms with E-state index in [9.17, 15) is 14.7 Å². The number of benzene rings is 3. The van der Waals surface area contributed by atoms with Gasteiger partial charge in [0.1, 0.15) is 5.69 Å². The molecule has 0 unspecified atom stereocenters. The molecular formula is C23H23NO4S. The third-order valence-corrected chi connectivity index (χ3v) is 4.97. The van der Waals surface area contributed by atoms with Gasteiger partial charge in [0, 0.05) is 9.79 Å². The second-order valence-corrected chi connectivity index (χ2v) is 8.24. The fourth-order valence-electron chi connectivity index (χ4n) is 2.34. The molecule has 3 aromatic rings. The molecule has 3 aromatic carbocycles. The maximum absolute atomic E-state index is 10.7. The van der Waals surface area contributed by atoms with E-state index in [1.165, 1.54) is 41.7 Å². The zero-order chi connectivity index (χ0) is 21.4. The third-order valence-electron chi connectivity index (χ3n) is 3.96. The first-order valence-electron chi connectivity index (χ1n) is 8.86. The van der Waals surface area contributed by atoms with Crippen LogP contribution in [0, 0.1) is 0 Å². The predicted molar refractivity (Wildman–Crippen MR) is 114 cm³/mol. The Labute approximate surface area is 174 Å². The van der Waals surface area contributed by atoms with Crippen LogP contribution in [0.2, 0.25) is 0 Å². The van der Waals surface area contributed by atoms with E-state index in [2.05, 4.69) is 45.4 Å². The molecule has 3 rings (SSSR count). The summed E-state index contributed by atoms with van der Waals surface area (Å²) in [7, 11) is 6.49. The van der Waals surface area contributed by atoms with Crippen molar-refractivity contribution in [1.82, 2.24) is 4.48 Å². The molecule has 0 amide bonds. The molecule has 0 saturated carbocycles. The van der Waals surface area contributed by atoms with Crippen LogP contribution in [0.5, 0.6) is 0 Å². The number of carboxylic acids is 2. The summed E-state index contributed by atoms with van der Waals surface area (Å²) in [6, 6.07) is 23.2. The minimum Gasteiger partial charge on any atom is -0.545 e. The van der Waals surface area contributed by atoms with Crippen LogP contribution in [0.3, 0.4) is 0 Å². The normalized spacial score (nSPS) is 10.6. The Kier molecular flexibility index (Phi) is 7.59. The van der Waals surface area contributed by atoms with E-state index in [1.54, 1.807) is 24.3 Å². The van der Waals surface area contributed by atoms with Crippen LogP contribution in [0.15, 0.2) is 88.7 Å². The lowest BCUT2D eigenvalue weighted by molar-refractivity contribution is -0.255. The highest BCUT2D eigenvalue weighted by Crippen LogP contribution is 2.27. The highest BCUT2D eigenvalue weighted by molar-refractivity contribution is 7.99. The summed E-state index contributed by atoms with van der Waals surface area (Å²) in [6.07, 6.45) is 0. The fourth-order valence-corrected chi connectivity index (χ4v) is 3.15. The quantitative estimate of drug-likeness (QED) is 0.649. The van der Waals surface area contributed by atoms with E-state index in [-0.39, 0.29) is 11.1 Å². The number of nitrogens with zero attached hydrogens (tertiary/aromatic N) is 1. The SMILES string of the molecule is C[N+](C)(C)c1ccccc1.O=C([O-])c1ccc(Sc2ccc(C(=O)O)cc2)cc1. The number of hydrogen-bond donors (Lipinski definition) is 1. The van der Waals surface area contributed by atoms with Crippen LogP contribution < -0.4 is 9.59 Å². The molecule has 0 spiro atoms. The van der Waals surface area contributed by atoms with Gasteiger partial charge in [-0.25, -0.2) is 4.79 Å². The Morgan fingerprint density at radius 2 is 1.21 bits per heavy atom. The number of carbonyl (C=O) groups is 2. The predicted octanol–water partition coefficient (Wildman–Crippen LogP) is 3.78. The summed E-state index contributed by atoms with van der Waals surface area (Å²) in [5.41, 5.74) is 1.70. The summed E-state index contributed by atoms with van der Waals surface area (Å²) in [4.78, 5) is 23.1. The fraction of sp³-hybridized carbons (Fsp3) is 0.130. The Morgan fingerprint density at radius 3 is 1.55 bits per heavy atom. The van der Waals surface area contributed by atoms with Crippen molar-refractivity contribution in [1.29, 1.82) is 0 Å². The Bertz CT molecular complexity index is 891. The molecule has 0 radical (unpaired) electrons. The van der Waals surface area contributed by atoms with E-state index in [0.29, 0.717) is 0 Å². The highest BCUT2D eigenvalue weighted by Gasteiger charge is 2.09. The van der Waals surface area contributed by atoms with Crippen LogP contribution in [0.25, 0.3) is 0 Å². The Hall–Kier alpha value is -3.09. The van der Waals surface area contributed by atoms with Crippen LogP contribution in [0.1, 0.15) is 20.7 Å². The lowest BCUT2D eigenvalue weighted by Crippen LogP contribution is -2.34. The van der Waals surface area contributed by atoms with E-state index in [1.807, 2.05) is 6.07 Å². The average Bonchev–Trinajstić information content (AvgIpc) is 2.69. The monoisotopic (exact) mass is 409 g/mol. The van der Waals surface area contributed by atoms with Gasteiger partial charge in [-0.3, -0.25) is 4.48 Å². The highest BCUT2D eigenvalue weighted by atomic mass is 32.2. The number of rotatable bonds is 5. The Balaban J connectivity index is 0.000000253. The van der Waals surface area contributed by atoms with Gasteiger partial charge in [-0.05, 0) is 54.1 Å². The second kappa shape index (κ2) is 9.91. The van der Waals surface area contributed by atoms with Crippen molar-refractivity contribution >= 4 is 29.4 Å². The van der Waals surface area contributed by atoms with Crippen LogP contribution >= 0.6 is 11.8 Å². The summed E-state index contributed by atoms with van der Waals surface area (Å²) in [5, 5.41) is 19.4. The van der Waals surface area contributed by atoms with E-state index in [4.69, 9.17) is 5.11 Å². The number of carboxylic acid groups (broad SMARTS) is 2. The standard InChI is InChI=1S/C14H10O4S.C9H14N/c15-13(16)9-1-5-11(6-2-9)19-12-7-3-10(4-8-12)14(17)18;1-10(2,3)9-7-5-4-6-8-9/h1-8H,(H,15,16)(H,17,18);4-8H,1-3H3/q;+1/p-1. The van der Waals surface area contributed by atoms with E-state index < -0.39 is 11.9 Å². The summed E-state index contributed by atoms with van der Waals surface area (Å²) in [5.74, 6) is -2.17. The maximum Gasteiger partial charge on any atom is 0.335 e. The van der Waals surface area contributed by atoms with Gasteiger partial charge in [-0.2, -0.15) is 0 Å². The van der Waals surface area contributed by atoms with Gasteiger partial charge in [-0.15, -0.1) is 0 Å². The molecule has 29 heavy (non-hydrogen) atoms. The van der Waals surface area contributed by atoms with Gasteiger partial charge in [0.05, 0.1) is 32.7 Å². The minimum atomic E-state index is -1.21. The molecule has 1 N–H and O–H groups in total. The molecule has 0 aliphatic heterocycles. The maximum atomic E-state index is 10.7. The van der Waals surface area contributed by atoms with Gasteiger partial charge >= 0.3 is 5.97 Å². The first-order chi connectivity index (χ1) is 13.7. The molecule has 0 atom stereocenters. The van der Waals surface area contributed by atoms with Crippen molar-refractivity contribution in [2.75, 3.05) is 21.1 Å². The molecule has 150 valence electrons. The number of para-hydroxylation sites is 1. The summed E-state index contributed by atoms with van der Waals surface area (Å²) >= 11 is 1.42. The average molecular weight is 410 g/mol. The van der Waals surface area contributed by atoms with Crippen molar-refractivity contribution in [2.24, 2.45) is 0 Å². The zero-order valence-corrected chi connectivity index (χ0v) is 17.3. The van der Waals surface area contributed by atoms with Crippen molar-refractivity contribution in [3.05, 3.63) is 90.0 Å². The van der Waals surface area contributed by atoms with Gasteiger partial charge in [-0.1, -0.05) is 42.1 Å². The molecule has 0 bridgehead atoms. The first kappa shape index (κ1) is 22.2. The summed E-state index contributed by atoms with van der Waals surface area (Å²) in [6.45, 7) is 0. The number of quaternary nitrogens is 1. The van der Waals surface area contributed by atoms with Crippen LogP contribution in [0.4, 0.5) is 5.69 Å². The molecular weight excluding hydrogens is 386 g/mol. The van der Waals surface area contributed by atoms with Gasteiger partial charge in [0.15, 0.2) is 0 Å². The smallest absolute Gasteiger partial charge is 0.335 e. The van der Waals surface area contributed by atoms with Crippen molar-refractivity contribution in [3.8, 4) is 0 Å². The number of aromatic carboxylic acids is 2. The first-order valence-corrected chi connectivity index (χ1v) is 9.68. The minimum absolute atomic E-state index is 0.130. The lowest BCUT2D eigenvalue weighted by Gasteiger charge is -2.22. The van der Waals surface area contributed by atoms with Crippen LogP contribution in [-0.2, 0) is 0 Å². The molecule has 0 aliphatic rings. The van der Waals surface area contributed by atoms with Gasteiger partial charge < -0.3 is 15.0 Å². The number of hydrogen-bond acceptors (Lipinski definition) is 4. The van der Waals surface area contributed by atoms with Gasteiger partial charge in [0.2, 0.25) is 0 Å². The zero-order valence-electron chi connectivity index (χ0n) is 16.5. The van der Waals surface area contributed by atoms with Crippen LogP contribution in [-0.4, -0.2) is 38.2 Å². The van der Waals surface area contributed by atoms with Gasteiger partial charge in [0.25, 0.3) is 0 Å². The molecule has 0 aliphatic carbocycles. The second-order valence-electron chi connectivity index (χ2n) is 7.09. The molecule has 5 nitrogen and oxygen atoms in total. The lowest BCUT2D eigenvalue weighted by atomic mass is 10.2. The number of carbonyl (C=O) groups excluding carboxylic acids is 1.